The lowest BCUT2D eigenvalue weighted by Gasteiger charge is -2.11. The smallest absolute Gasteiger partial charge is 0.287 e. The second kappa shape index (κ2) is 7.47. The van der Waals surface area contributed by atoms with Gasteiger partial charge >= 0.3 is 0 Å². The average Bonchev–Trinajstić information content (AvgIpc) is 3.31. The number of imidazole rings is 1. The molecule has 1 aromatic carbocycles. The summed E-state index contributed by atoms with van der Waals surface area (Å²) in [5.41, 5.74) is 1.60. The molecule has 0 fully saturated rings. The zero-order chi connectivity index (χ0) is 17.8. The van der Waals surface area contributed by atoms with Crippen LogP contribution in [0.3, 0.4) is 0 Å². The van der Waals surface area contributed by atoms with Crippen molar-refractivity contribution < 1.29 is 13.9 Å². The van der Waals surface area contributed by atoms with Gasteiger partial charge in [-0.3, -0.25) is 4.79 Å². The molecule has 134 valence electrons. The topological polar surface area (TPSA) is 69.3 Å². The van der Waals surface area contributed by atoms with E-state index < -0.39 is 0 Å². The van der Waals surface area contributed by atoms with E-state index in [2.05, 4.69) is 14.9 Å². The summed E-state index contributed by atoms with van der Waals surface area (Å²) in [6.45, 7) is 1.68. The molecule has 0 bridgehead atoms. The van der Waals surface area contributed by atoms with Crippen LogP contribution in [0.25, 0.3) is 0 Å². The highest BCUT2D eigenvalue weighted by atomic mass is 16.5. The van der Waals surface area contributed by atoms with Crippen LogP contribution in [0.2, 0.25) is 0 Å². The molecule has 0 atom stereocenters. The van der Waals surface area contributed by atoms with E-state index in [9.17, 15) is 4.79 Å². The second-order valence-electron chi connectivity index (χ2n) is 6.36. The number of aromatic nitrogens is 2. The first-order valence-corrected chi connectivity index (χ1v) is 8.87. The minimum absolute atomic E-state index is 0.257. The third-order valence-corrected chi connectivity index (χ3v) is 4.48. The maximum absolute atomic E-state index is 12.5. The Morgan fingerprint density at radius 1 is 1.23 bits per heavy atom. The number of fused-ring (bicyclic) bond motifs is 1. The van der Waals surface area contributed by atoms with E-state index in [-0.39, 0.29) is 18.3 Å². The summed E-state index contributed by atoms with van der Waals surface area (Å²) in [5, 5.41) is 2.89. The predicted molar refractivity (Wildman–Crippen MR) is 95.8 cm³/mol. The molecule has 1 amide bonds. The molecule has 4 rings (SSSR count). The first kappa shape index (κ1) is 16.4. The number of carbonyl (C=O) groups excluding carboxylic acids is 1. The van der Waals surface area contributed by atoms with Crippen molar-refractivity contribution in [3.8, 4) is 5.75 Å². The van der Waals surface area contributed by atoms with Crippen molar-refractivity contribution in [1.29, 1.82) is 0 Å². The molecule has 0 aliphatic carbocycles. The molecule has 1 aliphatic rings. The van der Waals surface area contributed by atoms with Crippen molar-refractivity contribution in [3.63, 3.8) is 0 Å². The van der Waals surface area contributed by atoms with Gasteiger partial charge in [-0.15, -0.1) is 0 Å². The molecule has 6 nitrogen and oxygen atoms in total. The fourth-order valence-corrected chi connectivity index (χ4v) is 3.13. The van der Waals surface area contributed by atoms with Crippen LogP contribution >= 0.6 is 0 Å². The van der Waals surface area contributed by atoms with Gasteiger partial charge in [0.1, 0.15) is 18.2 Å². The van der Waals surface area contributed by atoms with Gasteiger partial charge in [0, 0.05) is 24.7 Å². The van der Waals surface area contributed by atoms with Crippen LogP contribution < -0.4 is 10.1 Å². The zero-order valence-electron chi connectivity index (χ0n) is 14.5. The molecule has 6 heteroatoms. The van der Waals surface area contributed by atoms with E-state index in [0.717, 1.165) is 35.8 Å². The lowest BCUT2D eigenvalue weighted by atomic mass is 10.2. The van der Waals surface area contributed by atoms with Crippen LogP contribution in [0, 0.1) is 0 Å². The fraction of sp³-hybridized carbons (Fsp3) is 0.300. The first-order chi connectivity index (χ1) is 12.8. The average molecular weight is 351 g/mol. The van der Waals surface area contributed by atoms with Gasteiger partial charge in [0.25, 0.3) is 5.91 Å². The molecule has 0 spiro atoms. The van der Waals surface area contributed by atoms with E-state index in [4.69, 9.17) is 9.15 Å². The number of carbonyl (C=O) groups is 1. The van der Waals surface area contributed by atoms with E-state index in [1.165, 1.54) is 19.1 Å². The number of nitrogens with one attached hydrogen (secondary N) is 1. The lowest BCUT2D eigenvalue weighted by molar-refractivity contribution is 0.0919. The van der Waals surface area contributed by atoms with E-state index in [1.54, 1.807) is 6.07 Å². The normalized spacial score (nSPS) is 13.2. The molecule has 1 aliphatic heterocycles. The minimum Gasteiger partial charge on any atom is -0.489 e. The van der Waals surface area contributed by atoms with Crippen LogP contribution in [-0.2, 0) is 26.1 Å². The lowest BCUT2D eigenvalue weighted by Crippen LogP contribution is -2.23. The van der Waals surface area contributed by atoms with Crippen LogP contribution in [0.1, 0.15) is 40.5 Å². The minimum atomic E-state index is -0.257. The van der Waals surface area contributed by atoms with E-state index in [0.29, 0.717) is 6.54 Å². The summed E-state index contributed by atoms with van der Waals surface area (Å²) in [6.07, 6.45) is 6.91. The van der Waals surface area contributed by atoms with Crippen molar-refractivity contribution in [3.05, 3.63) is 71.7 Å². The summed E-state index contributed by atoms with van der Waals surface area (Å²) >= 11 is 0. The van der Waals surface area contributed by atoms with Gasteiger partial charge in [0.15, 0.2) is 5.76 Å². The SMILES string of the molecule is O=C(NCc1cn2c(n1)CCCC2)c1occc1COc1ccccc1. The Morgan fingerprint density at radius 3 is 2.96 bits per heavy atom. The first-order valence-electron chi connectivity index (χ1n) is 8.87. The highest BCUT2D eigenvalue weighted by molar-refractivity contribution is 5.92. The Kier molecular flexibility index (Phi) is 4.73. The number of amides is 1. The van der Waals surface area contributed by atoms with Crippen molar-refractivity contribution in [2.24, 2.45) is 0 Å². The number of hydrogen-bond donors (Lipinski definition) is 1. The standard InChI is InChI=1S/C20H21N3O3/c24-20(21-12-16-13-23-10-5-4-8-18(23)22-16)19-15(9-11-25-19)14-26-17-6-2-1-3-7-17/h1-3,6-7,9,11,13H,4-5,8,10,12,14H2,(H,21,24). The molecular weight excluding hydrogens is 330 g/mol. The summed E-state index contributed by atoms with van der Waals surface area (Å²) in [7, 11) is 0. The van der Waals surface area contributed by atoms with Gasteiger partial charge in [0.2, 0.25) is 0 Å². The molecule has 0 radical (unpaired) electrons. The second-order valence-corrected chi connectivity index (χ2v) is 6.36. The summed E-state index contributed by atoms with van der Waals surface area (Å²) in [6, 6.07) is 11.2. The Hall–Kier alpha value is -3.02. The third-order valence-electron chi connectivity index (χ3n) is 4.48. The number of ether oxygens (including phenoxy) is 1. The van der Waals surface area contributed by atoms with Gasteiger partial charge in [-0.05, 0) is 31.0 Å². The van der Waals surface area contributed by atoms with Crippen LogP contribution in [0.5, 0.6) is 5.75 Å². The van der Waals surface area contributed by atoms with Crippen LogP contribution in [-0.4, -0.2) is 15.5 Å². The number of benzene rings is 1. The Bertz CT molecular complexity index is 859. The molecule has 3 heterocycles. The highest BCUT2D eigenvalue weighted by Crippen LogP contribution is 2.17. The molecule has 2 aromatic heterocycles. The largest absolute Gasteiger partial charge is 0.489 e. The molecule has 0 unspecified atom stereocenters. The number of rotatable bonds is 6. The molecule has 0 saturated carbocycles. The fourth-order valence-electron chi connectivity index (χ4n) is 3.13. The number of hydrogen-bond acceptors (Lipinski definition) is 4. The number of para-hydroxylation sites is 1. The number of furan rings is 1. The molecule has 0 saturated heterocycles. The number of aryl methyl sites for hydroxylation is 2. The van der Waals surface area contributed by atoms with Gasteiger partial charge in [-0.2, -0.15) is 0 Å². The Balaban J connectivity index is 1.36. The maximum atomic E-state index is 12.5. The predicted octanol–water partition coefficient (Wildman–Crippen LogP) is 3.32. The zero-order valence-corrected chi connectivity index (χ0v) is 14.5. The van der Waals surface area contributed by atoms with Gasteiger partial charge < -0.3 is 19.0 Å². The van der Waals surface area contributed by atoms with Crippen molar-refractivity contribution in [1.82, 2.24) is 14.9 Å². The molecular formula is C20H21N3O3. The van der Waals surface area contributed by atoms with Crippen LogP contribution in [0.15, 0.2) is 53.3 Å². The summed E-state index contributed by atoms with van der Waals surface area (Å²) < 4.78 is 13.2. The van der Waals surface area contributed by atoms with Gasteiger partial charge in [-0.25, -0.2) is 4.98 Å². The number of nitrogens with zero attached hydrogens (tertiary/aromatic N) is 2. The summed E-state index contributed by atoms with van der Waals surface area (Å²) in [4.78, 5) is 17.1. The molecule has 3 aromatic rings. The van der Waals surface area contributed by atoms with Gasteiger partial charge in [-0.1, -0.05) is 18.2 Å². The summed E-state index contributed by atoms with van der Waals surface area (Å²) in [5.74, 6) is 1.89. The van der Waals surface area contributed by atoms with Crippen LogP contribution in [0.4, 0.5) is 0 Å². The quantitative estimate of drug-likeness (QED) is 0.740. The van der Waals surface area contributed by atoms with Crippen molar-refractivity contribution in [2.75, 3.05) is 0 Å². The van der Waals surface area contributed by atoms with Gasteiger partial charge in [0.05, 0.1) is 18.5 Å². The highest BCUT2D eigenvalue weighted by Gasteiger charge is 2.17. The molecule has 26 heavy (non-hydrogen) atoms. The molecule has 1 N–H and O–H groups in total. The Morgan fingerprint density at radius 2 is 2.12 bits per heavy atom. The van der Waals surface area contributed by atoms with Crippen molar-refractivity contribution in [2.45, 2.75) is 39.0 Å². The van der Waals surface area contributed by atoms with Crippen molar-refractivity contribution >= 4 is 5.91 Å². The Labute approximate surface area is 151 Å². The van der Waals surface area contributed by atoms with E-state index in [1.807, 2.05) is 36.5 Å². The van der Waals surface area contributed by atoms with E-state index >= 15 is 0 Å². The maximum Gasteiger partial charge on any atom is 0.287 e. The monoisotopic (exact) mass is 351 g/mol. The third kappa shape index (κ3) is 3.64.